The minimum atomic E-state index is -0.429. The van der Waals surface area contributed by atoms with Crippen LogP contribution in [0.1, 0.15) is 51.3 Å². The van der Waals surface area contributed by atoms with Crippen molar-refractivity contribution in [2.45, 2.75) is 58.3 Å². The average Bonchev–Trinajstić information content (AvgIpc) is 2.37. The van der Waals surface area contributed by atoms with Crippen LogP contribution in [-0.2, 0) is 11.2 Å². The number of rotatable bonds is 5. The van der Waals surface area contributed by atoms with Crippen molar-refractivity contribution in [1.29, 1.82) is 0 Å². The van der Waals surface area contributed by atoms with Gasteiger partial charge in [0.2, 0.25) is 0 Å². The van der Waals surface area contributed by atoms with Gasteiger partial charge < -0.3 is 9.84 Å². The Morgan fingerprint density at radius 2 is 2.00 bits per heavy atom. The summed E-state index contributed by atoms with van der Waals surface area (Å²) in [5.41, 5.74) is 2.21. The highest BCUT2D eigenvalue weighted by atomic mass is 16.5. The molecule has 21 heavy (non-hydrogen) atoms. The number of nitrogens with zero attached hydrogens (tertiary/aromatic N) is 1. The maximum Gasteiger partial charge on any atom is 0.0916 e. The third-order valence-electron chi connectivity index (χ3n) is 3.97. The van der Waals surface area contributed by atoms with Gasteiger partial charge in [0.15, 0.2) is 0 Å². The van der Waals surface area contributed by atoms with Gasteiger partial charge >= 0.3 is 0 Å². The van der Waals surface area contributed by atoms with E-state index in [1.165, 1.54) is 5.56 Å². The maximum atomic E-state index is 10.5. The first kappa shape index (κ1) is 16.5. The van der Waals surface area contributed by atoms with Crippen LogP contribution in [0.2, 0.25) is 0 Å². The molecular weight excluding hydrogens is 262 g/mol. The summed E-state index contributed by atoms with van der Waals surface area (Å²) in [6.07, 6.45) is 2.04. The Morgan fingerprint density at radius 3 is 2.57 bits per heavy atom. The average molecular weight is 291 g/mol. The van der Waals surface area contributed by atoms with Gasteiger partial charge in [-0.15, -0.1) is 0 Å². The number of ether oxygens (including phenoxy) is 1. The molecule has 3 heteroatoms. The Labute approximate surface area is 128 Å². The van der Waals surface area contributed by atoms with Crippen molar-refractivity contribution in [3.63, 3.8) is 0 Å². The van der Waals surface area contributed by atoms with E-state index < -0.39 is 6.10 Å². The predicted molar refractivity (Wildman–Crippen MR) is 86.5 cm³/mol. The van der Waals surface area contributed by atoms with Crippen LogP contribution in [0.15, 0.2) is 24.3 Å². The summed E-state index contributed by atoms with van der Waals surface area (Å²) >= 11 is 0. The Hall–Kier alpha value is -0.900. The molecule has 0 aromatic heterocycles. The molecule has 2 atom stereocenters. The molecule has 0 saturated carbocycles. The molecule has 1 aromatic carbocycles. The topological polar surface area (TPSA) is 32.7 Å². The summed E-state index contributed by atoms with van der Waals surface area (Å²) < 4.78 is 5.91. The van der Waals surface area contributed by atoms with Crippen LogP contribution in [0.3, 0.4) is 0 Å². The molecule has 1 saturated heterocycles. The van der Waals surface area contributed by atoms with Crippen LogP contribution >= 0.6 is 0 Å². The van der Waals surface area contributed by atoms with Gasteiger partial charge in [0, 0.05) is 19.6 Å². The standard InChI is InChI=1S/C18H29NO2/c1-5-6-15-7-9-16(10-8-15)17(20)12-19-11-14(2)21-18(3,4)13-19/h7-10,14,17,20H,5-6,11-13H2,1-4H3. The van der Waals surface area contributed by atoms with Gasteiger partial charge in [-0.1, -0.05) is 37.6 Å². The van der Waals surface area contributed by atoms with E-state index in [2.05, 4.69) is 56.9 Å². The van der Waals surface area contributed by atoms with Gasteiger partial charge in [-0.3, -0.25) is 4.90 Å². The molecule has 1 N–H and O–H groups in total. The predicted octanol–water partition coefficient (Wildman–Crippen LogP) is 3.17. The lowest BCUT2D eigenvalue weighted by atomic mass is 10.0. The van der Waals surface area contributed by atoms with Crippen molar-refractivity contribution in [1.82, 2.24) is 4.90 Å². The first-order valence-electron chi connectivity index (χ1n) is 8.06. The lowest BCUT2D eigenvalue weighted by Gasteiger charge is -2.42. The third-order valence-corrected chi connectivity index (χ3v) is 3.97. The Morgan fingerprint density at radius 1 is 1.33 bits per heavy atom. The Bertz CT molecular complexity index is 441. The molecule has 2 rings (SSSR count). The van der Waals surface area contributed by atoms with Gasteiger partial charge in [-0.25, -0.2) is 0 Å². The molecular formula is C18H29NO2. The highest BCUT2D eigenvalue weighted by Gasteiger charge is 2.32. The zero-order valence-corrected chi connectivity index (χ0v) is 13.8. The summed E-state index contributed by atoms with van der Waals surface area (Å²) in [5.74, 6) is 0. The van der Waals surface area contributed by atoms with Crippen LogP contribution in [0.25, 0.3) is 0 Å². The molecule has 3 nitrogen and oxygen atoms in total. The van der Waals surface area contributed by atoms with Crippen LogP contribution in [0, 0.1) is 0 Å². The normalized spacial score (nSPS) is 24.0. The zero-order chi connectivity index (χ0) is 15.5. The number of morpholine rings is 1. The second-order valence-corrected chi connectivity index (χ2v) is 6.89. The largest absolute Gasteiger partial charge is 0.387 e. The van der Waals surface area contributed by atoms with Crippen LogP contribution in [-0.4, -0.2) is 41.3 Å². The Kier molecular flexibility index (Phi) is 5.42. The summed E-state index contributed by atoms with van der Waals surface area (Å²) in [6, 6.07) is 8.39. The number of aliphatic hydroxyl groups excluding tert-OH is 1. The maximum absolute atomic E-state index is 10.5. The SMILES string of the molecule is CCCc1ccc(C(O)CN2CC(C)OC(C)(C)C2)cc1. The highest BCUT2D eigenvalue weighted by Crippen LogP contribution is 2.23. The van der Waals surface area contributed by atoms with E-state index in [9.17, 15) is 5.11 Å². The fourth-order valence-corrected chi connectivity index (χ4v) is 3.27. The molecule has 1 aromatic rings. The van der Waals surface area contributed by atoms with E-state index in [1.54, 1.807) is 0 Å². The third kappa shape index (κ3) is 4.80. The van der Waals surface area contributed by atoms with E-state index in [-0.39, 0.29) is 11.7 Å². The smallest absolute Gasteiger partial charge is 0.0916 e. The van der Waals surface area contributed by atoms with Gasteiger partial charge in [-0.05, 0) is 38.3 Å². The van der Waals surface area contributed by atoms with Crippen LogP contribution < -0.4 is 0 Å². The molecule has 0 radical (unpaired) electrons. The van der Waals surface area contributed by atoms with E-state index >= 15 is 0 Å². The molecule has 2 unspecified atom stereocenters. The summed E-state index contributed by atoms with van der Waals surface area (Å²) in [5, 5.41) is 10.5. The van der Waals surface area contributed by atoms with E-state index in [0.717, 1.165) is 31.5 Å². The molecule has 1 fully saturated rings. The fraction of sp³-hybridized carbons (Fsp3) is 0.667. The second kappa shape index (κ2) is 6.91. The van der Waals surface area contributed by atoms with E-state index in [0.29, 0.717) is 6.54 Å². The molecule has 1 heterocycles. The number of hydrogen-bond acceptors (Lipinski definition) is 3. The van der Waals surface area contributed by atoms with Crippen molar-refractivity contribution < 1.29 is 9.84 Å². The van der Waals surface area contributed by atoms with Gasteiger partial charge in [0.25, 0.3) is 0 Å². The van der Waals surface area contributed by atoms with E-state index in [4.69, 9.17) is 4.74 Å². The van der Waals surface area contributed by atoms with Crippen molar-refractivity contribution >= 4 is 0 Å². The monoisotopic (exact) mass is 291 g/mol. The minimum Gasteiger partial charge on any atom is -0.387 e. The van der Waals surface area contributed by atoms with E-state index in [1.807, 2.05) is 0 Å². The second-order valence-electron chi connectivity index (χ2n) is 6.89. The number of aryl methyl sites for hydroxylation is 1. The highest BCUT2D eigenvalue weighted by molar-refractivity contribution is 5.24. The van der Waals surface area contributed by atoms with Gasteiger partial charge in [-0.2, -0.15) is 0 Å². The lowest BCUT2D eigenvalue weighted by molar-refractivity contribution is -0.133. The zero-order valence-electron chi connectivity index (χ0n) is 13.8. The molecule has 0 bridgehead atoms. The van der Waals surface area contributed by atoms with Gasteiger partial charge in [0.1, 0.15) is 0 Å². The first-order valence-corrected chi connectivity index (χ1v) is 8.06. The van der Waals surface area contributed by atoms with Crippen molar-refractivity contribution in [3.8, 4) is 0 Å². The molecule has 1 aliphatic rings. The fourth-order valence-electron chi connectivity index (χ4n) is 3.27. The molecule has 1 aliphatic heterocycles. The van der Waals surface area contributed by atoms with Crippen molar-refractivity contribution in [2.24, 2.45) is 0 Å². The molecule has 0 amide bonds. The van der Waals surface area contributed by atoms with Crippen molar-refractivity contribution in [2.75, 3.05) is 19.6 Å². The van der Waals surface area contributed by atoms with Crippen molar-refractivity contribution in [3.05, 3.63) is 35.4 Å². The summed E-state index contributed by atoms with van der Waals surface area (Å²) in [4.78, 5) is 2.30. The number of aliphatic hydroxyl groups is 1. The number of β-amino-alcohol motifs (C(OH)–C–C–N with tert-alkyl or cyclic N) is 1. The molecule has 0 spiro atoms. The number of benzene rings is 1. The van der Waals surface area contributed by atoms with Crippen LogP contribution in [0.5, 0.6) is 0 Å². The number of hydrogen-bond donors (Lipinski definition) is 1. The van der Waals surface area contributed by atoms with Gasteiger partial charge in [0.05, 0.1) is 17.8 Å². The summed E-state index contributed by atoms with van der Waals surface area (Å²) in [6.45, 7) is 10.9. The molecule has 0 aliphatic carbocycles. The van der Waals surface area contributed by atoms with Crippen LogP contribution in [0.4, 0.5) is 0 Å². The minimum absolute atomic E-state index is 0.137. The lowest BCUT2D eigenvalue weighted by Crippen LogP contribution is -2.52. The first-order chi connectivity index (χ1) is 9.89. The molecule has 118 valence electrons. The Balaban J connectivity index is 1.95. The summed E-state index contributed by atoms with van der Waals surface area (Å²) in [7, 11) is 0. The quantitative estimate of drug-likeness (QED) is 0.904.